The molecule has 0 bridgehead atoms. The van der Waals surface area contributed by atoms with Crippen LogP contribution in [0.25, 0.3) is 0 Å². The largest absolute Gasteiger partial charge is 0.522 e. The van der Waals surface area contributed by atoms with Gasteiger partial charge >= 0.3 is 12.3 Å². The molecule has 6 nitrogen and oxygen atoms in total. The van der Waals surface area contributed by atoms with Crippen LogP contribution in [0.4, 0.5) is 13.2 Å². The van der Waals surface area contributed by atoms with Gasteiger partial charge in [0.15, 0.2) is 0 Å². The first-order valence-corrected chi connectivity index (χ1v) is 8.00. The maximum Gasteiger partial charge on any atom is 0.522 e. The molecule has 1 amide bonds. The zero-order valence-electron chi connectivity index (χ0n) is 13.4. The van der Waals surface area contributed by atoms with Gasteiger partial charge in [0.05, 0.1) is 25.2 Å². The Bertz CT molecular complexity index is 443. The fourth-order valence-electron chi connectivity index (χ4n) is 3.04. The Morgan fingerprint density at radius 3 is 2.25 bits per heavy atom. The van der Waals surface area contributed by atoms with E-state index >= 15 is 0 Å². The summed E-state index contributed by atoms with van der Waals surface area (Å²) in [6, 6.07) is -0.00953. The number of hydrogen-bond acceptors (Lipinski definition) is 5. The van der Waals surface area contributed by atoms with Crippen molar-refractivity contribution < 1.29 is 37.0 Å². The van der Waals surface area contributed by atoms with Crippen molar-refractivity contribution in [1.29, 1.82) is 0 Å². The number of carbonyl (C=O) groups is 2. The molecule has 0 aliphatic heterocycles. The Labute approximate surface area is 138 Å². The molecular weight excluding hydrogens is 331 g/mol. The molecule has 0 aromatic rings. The van der Waals surface area contributed by atoms with Crippen molar-refractivity contribution >= 4 is 11.9 Å². The number of halogens is 3. The second kappa shape index (κ2) is 8.15. The lowest BCUT2D eigenvalue weighted by molar-refractivity contribution is -0.357. The molecule has 24 heavy (non-hydrogen) atoms. The second-order valence-corrected chi connectivity index (χ2v) is 6.23. The van der Waals surface area contributed by atoms with Crippen molar-refractivity contribution in [3.8, 4) is 0 Å². The van der Waals surface area contributed by atoms with Crippen molar-refractivity contribution in [2.24, 2.45) is 5.92 Å². The standard InChI is InChI=1S/C15H22F3NO5/c1-22-14(21)9-2-4-10(5-3-9)19-13(20)8-23-11-6-12(7-11)24-15(16,17)18/h9-12H,2-8H2,1H3,(H,19,20). The van der Waals surface area contributed by atoms with Crippen LogP contribution in [0.5, 0.6) is 0 Å². The number of hydrogen-bond donors (Lipinski definition) is 1. The SMILES string of the molecule is COC(=O)C1CCC(NC(=O)COC2CC(OC(F)(F)F)C2)CC1. The van der Waals surface area contributed by atoms with Gasteiger partial charge in [0.2, 0.25) is 5.91 Å². The van der Waals surface area contributed by atoms with Crippen LogP contribution in [0.1, 0.15) is 38.5 Å². The number of ether oxygens (including phenoxy) is 3. The van der Waals surface area contributed by atoms with Gasteiger partial charge in [-0.2, -0.15) is 0 Å². The van der Waals surface area contributed by atoms with Gasteiger partial charge in [-0.1, -0.05) is 0 Å². The molecule has 0 atom stereocenters. The van der Waals surface area contributed by atoms with Gasteiger partial charge in [-0.3, -0.25) is 14.3 Å². The molecule has 2 rings (SSSR count). The molecule has 0 saturated heterocycles. The molecule has 0 heterocycles. The lowest BCUT2D eigenvalue weighted by Gasteiger charge is -2.35. The molecule has 2 aliphatic rings. The highest BCUT2D eigenvalue weighted by atomic mass is 19.4. The van der Waals surface area contributed by atoms with E-state index < -0.39 is 12.5 Å². The molecule has 0 spiro atoms. The van der Waals surface area contributed by atoms with Crippen molar-refractivity contribution in [1.82, 2.24) is 5.32 Å². The van der Waals surface area contributed by atoms with E-state index in [0.717, 1.165) is 0 Å². The summed E-state index contributed by atoms with van der Waals surface area (Å²) in [6.07, 6.45) is -2.91. The minimum atomic E-state index is -4.63. The normalized spacial score (nSPS) is 30.3. The molecule has 0 radical (unpaired) electrons. The fourth-order valence-corrected chi connectivity index (χ4v) is 3.04. The first-order chi connectivity index (χ1) is 11.3. The van der Waals surface area contributed by atoms with E-state index in [1.165, 1.54) is 7.11 Å². The summed E-state index contributed by atoms with van der Waals surface area (Å²) in [5.74, 6) is -0.625. The second-order valence-electron chi connectivity index (χ2n) is 6.23. The summed E-state index contributed by atoms with van der Waals surface area (Å²) >= 11 is 0. The van der Waals surface area contributed by atoms with E-state index in [0.29, 0.717) is 25.7 Å². The smallest absolute Gasteiger partial charge is 0.469 e. The van der Waals surface area contributed by atoms with Gasteiger partial charge in [-0.25, -0.2) is 0 Å². The third-order valence-electron chi connectivity index (χ3n) is 4.43. The fraction of sp³-hybridized carbons (Fsp3) is 0.867. The molecule has 9 heteroatoms. The molecule has 1 N–H and O–H groups in total. The van der Waals surface area contributed by atoms with Gasteiger partial charge in [-0.05, 0) is 25.7 Å². The summed E-state index contributed by atoms with van der Waals surface area (Å²) in [7, 11) is 1.36. The summed E-state index contributed by atoms with van der Waals surface area (Å²) in [6.45, 7) is -0.180. The van der Waals surface area contributed by atoms with Crippen LogP contribution < -0.4 is 5.32 Å². The van der Waals surface area contributed by atoms with Crippen molar-refractivity contribution in [2.45, 2.75) is 63.1 Å². The lowest BCUT2D eigenvalue weighted by Crippen LogP contribution is -2.44. The highest BCUT2D eigenvalue weighted by Gasteiger charge is 2.40. The summed E-state index contributed by atoms with van der Waals surface area (Å²) in [5.41, 5.74) is 0. The van der Waals surface area contributed by atoms with Gasteiger partial charge in [0.1, 0.15) is 6.61 Å². The van der Waals surface area contributed by atoms with Gasteiger partial charge in [0, 0.05) is 18.9 Å². The summed E-state index contributed by atoms with van der Waals surface area (Å²) < 4.78 is 49.7. The van der Waals surface area contributed by atoms with Crippen LogP contribution in [-0.4, -0.2) is 50.2 Å². The summed E-state index contributed by atoms with van der Waals surface area (Å²) in [4.78, 5) is 23.2. The Balaban J connectivity index is 1.56. The van der Waals surface area contributed by atoms with Gasteiger partial charge in [0.25, 0.3) is 0 Å². The topological polar surface area (TPSA) is 73.9 Å². The molecule has 0 unspecified atom stereocenters. The van der Waals surface area contributed by atoms with E-state index in [1.807, 2.05) is 0 Å². The maximum absolute atomic E-state index is 12.0. The number of carbonyl (C=O) groups excluding carboxylic acids is 2. The molecular formula is C15H22F3NO5. The predicted octanol–water partition coefficient (Wildman–Crippen LogP) is 1.92. The third kappa shape index (κ3) is 5.94. The molecule has 0 aromatic carbocycles. The third-order valence-corrected chi connectivity index (χ3v) is 4.43. The Kier molecular flexibility index (Phi) is 6.45. The first kappa shape index (κ1) is 19.0. The molecule has 2 fully saturated rings. The quantitative estimate of drug-likeness (QED) is 0.739. The van der Waals surface area contributed by atoms with E-state index in [9.17, 15) is 22.8 Å². The van der Waals surface area contributed by atoms with E-state index in [-0.39, 0.29) is 49.4 Å². The average molecular weight is 353 g/mol. The van der Waals surface area contributed by atoms with Crippen molar-refractivity contribution in [3.05, 3.63) is 0 Å². The Morgan fingerprint density at radius 2 is 1.71 bits per heavy atom. The number of rotatable bonds is 6. The minimum absolute atomic E-state index is 0.00953. The minimum Gasteiger partial charge on any atom is -0.469 e. The van der Waals surface area contributed by atoms with E-state index in [4.69, 9.17) is 9.47 Å². The zero-order valence-corrected chi connectivity index (χ0v) is 13.4. The monoisotopic (exact) mass is 353 g/mol. The average Bonchev–Trinajstić information content (AvgIpc) is 2.48. The number of nitrogens with one attached hydrogen (secondary N) is 1. The number of alkyl halides is 3. The number of esters is 1. The van der Waals surface area contributed by atoms with Crippen LogP contribution in [0.15, 0.2) is 0 Å². The molecule has 138 valence electrons. The van der Waals surface area contributed by atoms with Crippen LogP contribution in [0, 0.1) is 5.92 Å². The van der Waals surface area contributed by atoms with Crippen LogP contribution in [-0.2, 0) is 23.8 Å². The predicted molar refractivity (Wildman–Crippen MR) is 75.8 cm³/mol. The van der Waals surface area contributed by atoms with Crippen molar-refractivity contribution in [2.75, 3.05) is 13.7 Å². The van der Waals surface area contributed by atoms with Gasteiger partial charge < -0.3 is 14.8 Å². The van der Waals surface area contributed by atoms with Crippen LogP contribution in [0.3, 0.4) is 0 Å². The Hall–Kier alpha value is -1.35. The molecule has 0 aromatic heterocycles. The van der Waals surface area contributed by atoms with Crippen LogP contribution in [0.2, 0.25) is 0 Å². The van der Waals surface area contributed by atoms with Crippen molar-refractivity contribution in [3.63, 3.8) is 0 Å². The molecule has 2 saturated carbocycles. The van der Waals surface area contributed by atoms with Gasteiger partial charge in [-0.15, -0.1) is 13.2 Å². The maximum atomic E-state index is 12.0. The highest BCUT2D eigenvalue weighted by molar-refractivity contribution is 5.77. The highest BCUT2D eigenvalue weighted by Crippen LogP contribution is 2.32. The molecule has 2 aliphatic carbocycles. The zero-order chi connectivity index (χ0) is 17.7. The van der Waals surface area contributed by atoms with E-state index in [1.54, 1.807) is 0 Å². The first-order valence-electron chi connectivity index (χ1n) is 8.00. The lowest BCUT2D eigenvalue weighted by atomic mass is 9.86. The Morgan fingerprint density at radius 1 is 1.08 bits per heavy atom. The van der Waals surface area contributed by atoms with E-state index in [2.05, 4.69) is 10.1 Å². The number of amides is 1. The summed E-state index contributed by atoms with van der Waals surface area (Å²) in [5, 5.41) is 2.82. The number of methoxy groups -OCH3 is 1. The van der Waals surface area contributed by atoms with Crippen LogP contribution >= 0.6 is 0 Å².